The molecule has 0 saturated carbocycles. The van der Waals surface area contributed by atoms with Crippen LogP contribution in [0.3, 0.4) is 0 Å². The fourth-order valence-electron chi connectivity index (χ4n) is 1.18. The Bertz CT molecular complexity index is 155. The van der Waals surface area contributed by atoms with Gasteiger partial charge in [0.2, 0.25) is 0 Å². The first-order chi connectivity index (χ1) is 5.83. The molecule has 0 aromatic rings. The molecule has 70 valence electrons. The molecular formula is C8H13Cl2NS. The van der Waals surface area contributed by atoms with Crippen LogP contribution in [0.25, 0.3) is 0 Å². The highest BCUT2D eigenvalue weighted by molar-refractivity contribution is 7.99. The molecule has 1 fully saturated rings. The molecule has 1 aliphatic rings. The van der Waals surface area contributed by atoms with Gasteiger partial charge in [0.05, 0.1) is 0 Å². The van der Waals surface area contributed by atoms with Gasteiger partial charge >= 0.3 is 0 Å². The molecule has 0 spiro atoms. The lowest BCUT2D eigenvalue weighted by Crippen LogP contribution is -2.33. The van der Waals surface area contributed by atoms with E-state index in [9.17, 15) is 0 Å². The van der Waals surface area contributed by atoms with Crippen LogP contribution in [0.15, 0.2) is 10.6 Å². The summed E-state index contributed by atoms with van der Waals surface area (Å²) in [6.07, 6.45) is 2.49. The van der Waals surface area contributed by atoms with Gasteiger partial charge in [-0.15, -0.1) is 0 Å². The summed E-state index contributed by atoms with van der Waals surface area (Å²) in [5.74, 6) is 2.53. The second-order valence-corrected chi connectivity index (χ2v) is 4.75. The zero-order valence-electron chi connectivity index (χ0n) is 6.85. The SMILES string of the molecule is Cl/C=C(/Cl)CNC1CCSCC1. The predicted molar refractivity (Wildman–Crippen MR) is 58.1 cm³/mol. The average Bonchev–Trinajstić information content (AvgIpc) is 2.16. The van der Waals surface area contributed by atoms with Crippen LogP contribution in [0.2, 0.25) is 0 Å². The molecule has 12 heavy (non-hydrogen) atoms. The van der Waals surface area contributed by atoms with Crippen molar-refractivity contribution in [2.75, 3.05) is 18.1 Å². The van der Waals surface area contributed by atoms with Crippen LogP contribution in [-0.2, 0) is 0 Å². The van der Waals surface area contributed by atoms with E-state index in [2.05, 4.69) is 5.32 Å². The maximum Gasteiger partial charge on any atom is 0.0431 e. The molecule has 0 radical (unpaired) electrons. The quantitative estimate of drug-likeness (QED) is 0.794. The first-order valence-electron chi connectivity index (χ1n) is 4.09. The van der Waals surface area contributed by atoms with Crippen molar-refractivity contribution in [1.82, 2.24) is 5.32 Å². The number of hydrogen-bond acceptors (Lipinski definition) is 2. The number of hydrogen-bond donors (Lipinski definition) is 1. The summed E-state index contributed by atoms with van der Waals surface area (Å²) >= 11 is 13.2. The van der Waals surface area contributed by atoms with Crippen LogP contribution in [0.1, 0.15) is 12.8 Å². The summed E-state index contributed by atoms with van der Waals surface area (Å²) in [5.41, 5.74) is 1.42. The second-order valence-electron chi connectivity index (χ2n) is 2.82. The van der Waals surface area contributed by atoms with Crippen molar-refractivity contribution in [1.29, 1.82) is 0 Å². The van der Waals surface area contributed by atoms with Gasteiger partial charge in [0.1, 0.15) is 0 Å². The smallest absolute Gasteiger partial charge is 0.0431 e. The molecule has 0 aromatic heterocycles. The topological polar surface area (TPSA) is 12.0 Å². The Labute approximate surface area is 87.9 Å². The lowest BCUT2D eigenvalue weighted by molar-refractivity contribution is 0.506. The number of thioether (sulfide) groups is 1. The van der Waals surface area contributed by atoms with E-state index in [0.29, 0.717) is 17.6 Å². The normalized spacial score (nSPS) is 21.3. The van der Waals surface area contributed by atoms with Gasteiger partial charge in [-0.25, -0.2) is 0 Å². The molecule has 1 aliphatic heterocycles. The first kappa shape index (κ1) is 10.7. The van der Waals surface area contributed by atoms with E-state index in [1.54, 1.807) is 0 Å². The summed E-state index contributed by atoms with van der Waals surface area (Å²) in [4.78, 5) is 0. The van der Waals surface area contributed by atoms with Crippen LogP contribution in [0.5, 0.6) is 0 Å². The van der Waals surface area contributed by atoms with Gasteiger partial charge in [-0.05, 0) is 24.3 Å². The Morgan fingerprint density at radius 2 is 2.17 bits per heavy atom. The summed E-state index contributed by atoms with van der Waals surface area (Å²) < 4.78 is 0. The third-order valence-electron chi connectivity index (χ3n) is 1.90. The van der Waals surface area contributed by atoms with Crippen LogP contribution in [-0.4, -0.2) is 24.1 Å². The van der Waals surface area contributed by atoms with Crippen LogP contribution in [0.4, 0.5) is 0 Å². The highest BCUT2D eigenvalue weighted by atomic mass is 35.5. The van der Waals surface area contributed by atoms with Gasteiger partial charge in [0.25, 0.3) is 0 Å². The minimum Gasteiger partial charge on any atom is -0.309 e. The van der Waals surface area contributed by atoms with E-state index in [0.717, 1.165) is 0 Å². The highest BCUT2D eigenvalue weighted by Gasteiger charge is 2.12. The molecule has 4 heteroatoms. The highest BCUT2D eigenvalue weighted by Crippen LogP contribution is 2.17. The maximum absolute atomic E-state index is 5.75. The van der Waals surface area contributed by atoms with Crippen molar-refractivity contribution < 1.29 is 0 Å². The number of rotatable bonds is 3. The van der Waals surface area contributed by atoms with Crippen molar-refractivity contribution in [2.45, 2.75) is 18.9 Å². The molecule has 0 amide bonds. The molecule has 1 heterocycles. The van der Waals surface area contributed by atoms with Gasteiger partial charge in [-0.2, -0.15) is 11.8 Å². The fraction of sp³-hybridized carbons (Fsp3) is 0.750. The van der Waals surface area contributed by atoms with Crippen molar-refractivity contribution in [3.8, 4) is 0 Å². The van der Waals surface area contributed by atoms with Gasteiger partial charge in [-0.3, -0.25) is 0 Å². The van der Waals surface area contributed by atoms with Crippen molar-refractivity contribution in [3.63, 3.8) is 0 Å². The van der Waals surface area contributed by atoms with Crippen molar-refractivity contribution in [2.24, 2.45) is 0 Å². The summed E-state index contributed by atoms with van der Waals surface area (Å²) in [7, 11) is 0. The number of halogens is 2. The third kappa shape index (κ3) is 4.04. The average molecular weight is 226 g/mol. The Kier molecular flexibility index (Phi) is 5.48. The zero-order valence-corrected chi connectivity index (χ0v) is 9.18. The molecule has 0 unspecified atom stereocenters. The van der Waals surface area contributed by atoms with Gasteiger partial charge in [-0.1, -0.05) is 23.2 Å². The Hall–Kier alpha value is 0.630. The molecule has 1 nitrogen and oxygen atoms in total. The summed E-state index contributed by atoms with van der Waals surface area (Å²) in [5, 5.41) is 4.06. The number of nitrogens with one attached hydrogen (secondary N) is 1. The fourth-order valence-corrected chi connectivity index (χ4v) is 2.44. The van der Waals surface area contributed by atoms with Crippen molar-refractivity contribution >= 4 is 35.0 Å². The molecule has 1 N–H and O–H groups in total. The largest absolute Gasteiger partial charge is 0.309 e. The Morgan fingerprint density at radius 1 is 1.50 bits per heavy atom. The predicted octanol–water partition coefficient (Wildman–Crippen LogP) is 2.79. The van der Waals surface area contributed by atoms with Gasteiger partial charge < -0.3 is 5.32 Å². The van der Waals surface area contributed by atoms with E-state index in [1.165, 1.54) is 29.9 Å². The Morgan fingerprint density at radius 3 is 2.75 bits per heavy atom. The lowest BCUT2D eigenvalue weighted by atomic mass is 10.1. The zero-order chi connectivity index (χ0) is 8.81. The molecule has 0 bridgehead atoms. The van der Waals surface area contributed by atoms with Crippen LogP contribution in [0, 0.1) is 0 Å². The maximum atomic E-state index is 5.75. The van der Waals surface area contributed by atoms with Gasteiger partial charge in [0.15, 0.2) is 0 Å². The third-order valence-corrected chi connectivity index (χ3v) is 3.57. The summed E-state index contributed by atoms with van der Waals surface area (Å²) in [6.45, 7) is 0.709. The van der Waals surface area contributed by atoms with E-state index >= 15 is 0 Å². The first-order valence-corrected chi connectivity index (χ1v) is 6.05. The van der Waals surface area contributed by atoms with E-state index in [-0.39, 0.29) is 0 Å². The molecule has 1 saturated heterocycles. The molecule has 0 aliphatic carbocycles. The Balaban J connectivity index is 2.13. The molecular weight excluding hydrogens is 213 g/mol. The molecule has 1 rings (SSSR count). The van der Waals surface area contributed by atoms with Crippen molar-refractivity contribution in [3.05, 3.63) is 10.6 Å². The minimum atomic E-state index is 0.636. The monoisotopic (exact) mass is 225 g/mol. The van der Waals surface area contributed by atoms with E-state index < -0.39 is 0 Å². The molecule has 0 aromatic carbocycles. The minimum absolute atomic E-state index is 0.636. The standard InChI is InChI=1S/C8H13Cl2NS/c9-5-7(10)6-11-8-1-3-12-4-2-8/h5,8,11H,1-4,6H2/b7-5+. The van der Waals surface area contributed by atoms with Crippen LogP contribution >= 0.6 is 35.0 Å². The van der Waals surface area contributed by atoms with E-state index in [1.807, 2.05) is 11.8 Å². The second kappa shape index (κ2) is 6.14. The summed E-state index contributed by atoms with van der Waals surface area (Å²) in [6, 6.07) is 0.636. The van der Waals surface area contributed by atoms with Gasteiger partial charge in [0, 0.05) is 23.2 Å². The van der Waals surface area contributed by atoms with E-state index in [4.69, 9.17) is 23.2 Å². The molecule has 0 atom stereocenters. The van der Waals surface area contributed by atoms with Crippen LogP contribution < -0.4 is 5.32 Å². The lowest BCUT2D eigenvalue weighted by Gasteiger charge is -2.22.